The van der Waals surface area contributed by atoms with Gasteiger partial charge in [-0.2, -0.15) is 4.31 Å². The molecule has 0 unspecified atom stereocenters. The molecule has 0 spiro atoms. The van der Waals surface area contributed by atoms with Gasteiger partial charge in [-0.25, -0.2) is 8.42 Å². The van der Waals surface area contributed by atoms with Crippen LogP contribution in [0.2, 0.25) is 4.34 Å². The quantitative estimate of drug-likeness (QED) is 0.728. The van der Waals surface area contributed by atoms with Crippen molar-refractivity contribution in [2.24, 2.45) is 0 Å². The molecule has 0 saturated carbocycles. The number of amides is 1. The number of piperazine rings is 1. The van der Waals surface area contributed by atoms with E-state index in [0.717, 1.165) is 11.3 Å². The highest BCUT2D eigenvalue weighted by Gasteiger charge is 2.32. The van der Waals surface area contributed by atoms with E-state index in [9.17, 15) is 13.2 Å². The lowest BCUT2D eigenvalue weighted by Gasteiger charge is -2.34. The zero-order chi connectivity index (χ0) is 19.6. The Morgan fingerprint density at radius 1 is 1.07 bits per heavy atom. The van der Waals surface area contributed by atoms with Gasteiger partial charge in [-0.1, -0.05) is 11.6 Å². The second-order valence-electron chi connectivity index (χ2n) is 5.82. The van der Waals surface area contributed by atoms with Gasteiger partial charge in [-0.15, -0.1) is 11.3 Å². The van der Waals surface area contributed by atoms with Crippen molar-refractivity contribution in [3.8, 4) is 11.5 Å². The molecule has 0 radical (unpaired) electrons. The summed E-state index contributed by atoms with van der Waals surface area (Å²) in [5.74, 6) is 0.779. The van der Waals surface area contributed by atoms with Crippen molar-refractivity contribution in [1.82, 2.24) is 9.21 Å². The highest BCUT2D eigenvalue weighted by Crippen LogP contribution is 2.29. The van der Waals surface area contributed by atoms with Crippen LogP contribution in [0.25, 0.3) is 0 Å². The minimum atomic E-state index is -3.59. The third-order valence-corrected chi connectivity index (χ3v) is 7.90. The molecule has 10 heteroatoms. The number of rotatable bonds is 5. The minimum absolute atomic E-state index is 0.210. The van der Waals surface area contributed by atoms with E-state index in [2.05, 4.69) is 0 Å². The van der Waals surface area contributed by atoms with E-state index in [1.807, 2.05) is 0 Å². The summed E-state index contributed by atoms with van der Waals surface area (Å²) in [5, 5.41) is 0. The minimum Gasteiger partial charge on any atom is -0.497 e. The predicted molar refractivity (Wildman–Crippen MR) is 104 cm³/mol. The Labute approximate surface area is 167 Å². The first kappa shape index (κ1) is 19.9. The predicted octanol–water partition coefficient (Wildman–Crippen LogP) is 2.57. The van der Waals surface area contributed by atoms with Crippen molar-refractivity contribution >= 4 is 38.9 Å². The number of methoxy groups -OCH3 is 2. The molecule has 27 heavy (non-hydrogen) atoms. The van der Waals surface area contributed by atoms with Crippen LogP contribution in [0.15, 0.2) is 34.5 Å². The fraction of sp³-hybridized carbons (Fsp3) is 0.353. The molecule has 2 heterocycles. The van der Waals surface area contributed by atoms with Crippen LogP contribution in [0, 0.1) is 0 Å². The summed E-state index contributed by atoms with van der Waals surface area (Å²) in [6, 6.07) is 8.08. The van der Waals surface area contributed by atoms with Crippen molar-refractivity contribution in [3.05, 3.63) is 40.2 Å². The molecule has 1 amide bonds. The maximum absolute atomic E-state index is 12.9. The molecule has 1 saturated heterocycles. The Hall–Kier alpha value is -1.81. The van der Waals surface area contributed by atoms with E-state index in [4.69, 9.17) is 21.1 Å². The number of benzene rings is 1. The second kappa shape index (κ2) is 8.05. The van der Waals surface area contributed by atoms with Crippen LogP contribution in [0.5, 0.6) is 11.5 Å². The topological polar surface area (TPSA) is 76.2 Å². The SMILES string of the molecule is COc1ccc(OC)c(C(=O)N2CCN(S(=O)(=O)c3ccc(Cl)s3)CC2)c1. The summed E-state index contributed by atoms with van der Waals surface area (Å²) < 4.78 is 37.8. The van der Waals surface area contributed by atoms with Gasteiger partial charge < -0.3 is 14.4 Å². The number of hydrogen-bond donors (Lipinski definition) is 0. The maximum atomic E-state index is 12.9. The summed E-state index contributed by atoms with van der Waals surface area (Å²) in [4.78, 5) is 14.5. The summed E-state index contributed by atoms with van der Waals surface area (Å²) in [5.41, 5.74) is 0.387. The van der Waals surface area contributed by atoms with Crippen LogP contribution in [-0.2, 0) is 10.0 Å². The highest BCUT2D eigenvalue weighted by atomic mass is 35.5. The van der Waals surface area contributed by atoms with Gasteiger partial charge in [0.25, 0.3) is 15.9 Å². The molecule has 1 fully saturated rings. The van der Waals surface area contributed by atoms with Crippen LogP contribution in [0.4, 0.5) is 0 Å². The molecule has 0 bridgehead atoms. The molecule has 7 nitrogen and oxygen atoms in total. The summed E-state index contributed by atoms with van der Waals surface area (Å²) in [7, 11) is -0.574. The first-order chi connectivity index (χ1) is 12.9. The standard InChI is InChI=1S/C17H19ClN2O5S2/c1-24-12-3-4-14(25-2)13(11-12)17(21)19-7-9-20(10-8-19)27(22,23)16-6-5-15(18)26-16/h3-6,11H,7-10H2,1-2H3. The number of carbonyl (C=O) groups excluding carboxylic acids is 1. The number of halogens is 1. The molecule has 3 rings (SSSR count). The Morgan fingerprint density at radius 2 is 1.78 bits per heavy atom. The Bertz CT molecular complexity index is 937. The van der Waals surface area contributed by atoms with Gasteiger partial charge in [-0.3, -0.25) is 4.79 Å². The third-order valence-electron chi connectivity index (χ3n) is 4.31. The lowest BCUT2D eigenvalue weighted by atomic mass is 10.1. The smallest absolute Gasteiger partial charge is 0.257 e. The van der Waals surface area contributed by atoms with E-state index in [0.29, 0.717) is 21.4 Å². The van der Waals surface area contributed by atoms with Crippen LogP contribution in [0.3, 0.4) is 0 Å². The summed E-state index contributed by atoms with van der Waals surface area (Å²) in [6.07, 6.45) is 0. The fourth-order valence-electron chi connectivity index (χ4n) is 2.85. The molecule has 0 atom stereocenters. The average molecular weight is 431 g/mol. The number of nitrogens with zero attached hydrogens (tertiary/aromatic N) is 2. The molecular formula is C17H19ClN2O5S2. The van der Waals surface area contributed by atoms with Crippen LogP contribution in [-0.4, -0.2) is 63.9 Å². The zero-order valence-corrected chi connectivity index (χ0v) is 17.2. The van der Waals surface area contributed by atoms with Gasteiger partial charge in [0.15, 0.2) is 0 Å². The van der Waals surface area contributed by atoms with Gasteiger partial charge in [0.1, 0.15) is 15.7 Å². The van der Waals surface area contributed by atoms with Gasteiger partial charge in [0, 0.05) is 26.2 Å². The van der Waals surface area contributed by atoms with Gasteiger partial charge in [0.05, 0.1) is 24.1 Å². The number of sulfonamides is 1. The average Bonchev–Trinajstić information content (AvgIpc) is 3.14. The van der Waals surface area contributed by atoms with Gasteiger partial charge in [-0.05, 0) is 30.3 Å². The fourth-order valence-corrected chi connectivity index (χ4v) is 5.91. The van der Waals surface area contributed by atoms with E-state index in [1.165, 1.54) is 24.6 Å². The van der Waals surface area contributed by atoms with Crippen LogP contribution in [0.1, 0.15) is 10.4 Å². The first-order valence-electron chi connectivity index (χ1n) is 8.13. The highest BCUT2D eigenvalue weighted by molar-refractivity contribution is 7.91. The summed E-state index contributed by atoms with van der Waals surface area (Å²) >= 11 is 6.88. The monoisotopic (exact) mass is 430 g/mol. The summed E-state index contributed by atoms with van der Waals surface area (Å²) in [6.45, 7) is 1.01. The molecule has 1 aliphatic heterocycles. The molecule has 0 N–H and O–H groups in total. The normalized spacial score (nSPS) is 15.6. The maximum Gasteiger partial charge on any atom is 0.257 e. The molecular weight excluding hydrogens is 412 g/mol. The number of hydrogen-bond acceptors (Lipinski definition) is 6. The van der Waals surface area contributed by atoms with E-state index in [-0.39, 0.29) is 36.3 Å². The molecule has 1 aromatic carbocycles. The Balaban J connectivity index is 1.73. The molecule has 0 aliphatic carbocycles. The Kier molecular flexibility index (Phi) is 5.95. The van der Waals surface area contributed by atoms with Crippen molar-refractivity contribution in [1.29, 1.82) is 0 Å². The molecule has 1 aliphatic rings. The van der Waals surface area contributed by atoms with Gasteiger partial charge >= 0.3 is 0 Å². The van der Waals surface area contributed by atoms with E-state index in [1.54, 1.807) is 29.2 Å². The van der Waals surface area contributed by atoms with Gasteiger partial charge in [0.2, 0.25) is 0 Å². The van der Waals surface area contributed by atoms with Crippen molar-refractivity contribution in [3.63, 3.8) is 0 Å². The van der Waals surface area contributed by atoms with E-state index < -0.39 is 10.0 Å². The second-order valence-corrected chi connectivity index (χ2v) is 9.70. The number of thiophene rings is 1. The zero-order valence-electron chi connectivity index (χ0n) is 14.8. The van der Waals surface area contributed by atoms with Crippen molar-refractivity contribution < 1.29 is 22.7 Å². The Morgan fingerprint density at radius 3 is 2.33 bits per heavy atom. The molecule has 2 aromatic rings. The van der Waals surface area contributed by atoms with Crippen molar-refractivity contribution in [2.75, 3.05) is 40.4 Å². The van der Waals surface area contributed by atoms with E-state index >= 15 is 0 Å². The van der Waals surface area contributed by atoms with Crippen molar-refractivity contribution in [2.45, 2.75) is 4.21 Å². The molecule has 146 valence electrons. The van der Waals surface area contributed by atoms with Crippen LogP contribution < -0.4 is 9.47 Å². The number of ether oxygens (including phenoxy) is 2. The third kappa shape index (κ3) is 4.06. The lowest BCUT2D eigenvalue weighted by molar-refractivity contribution is 0.0694. The number of carbonyl (C=O) groups is 1. The largest absolute Gasteiger partial charge is 0.497 e. The first-order valence-corrected chi connectivity index (χ1v) is 10.8. The van der Waals surface area contributed by atoms with Crippen LogP contribution >= 0.6 is 22.9 Å². The molecule has 1 aromatic heterocycles. The lowest BCUT2D eigenvalue weighted by Crippen LogP contribution is -2.50.